The molecule has 0 saturated heterocycles. The first-order chi connectivity index (χ1) is 8.22. The summed E-state index contributed by atoms with van der Waals surface area (Å²) in [6.07, 6.45) is 4.67. The molecule has 0 atom stereocenters. The van der Waals surface area contributed by atoms with Crippen molar-refractivity contribution in [1.29, 1.82) is 0 Å². The molecule has 7 heteroatoms. The van der Waals surface area contributed by atoms with Crippen molar-refractivity contribution in [2.24, 2.45) is 0 Å². The second-order valence-electron chi connectivity index (χ2n) is 3.61. The van der Waals surface area contributed by atoms with Crippen LogP contribution in [0.3, 0.4) is 0 Å². The summed E-state index contributed by atoms with van der Waals surface area (Å²) in [4.78, 5) is 11.4. The Kier molecular flexibility index (Phi) is 6.95. The SMILES string of the molecule is CCCCCCNC(=O)CSc1nnc(N)s1. The standard InChI is InChI=1S/C10H18N4OS2/c1-2-3-4-5-6-12-8(15)7-16-10-14-13-9(11)17-10/h2-7H2,1H3,(H2,11,13)(H,12,15). The Balaban J connectivity index is 2.05. The predicted molar refractivity (Wildman–Crippen MR) is 72.2 cm³/mol. The van der Waals surface area contributed by atoms with Gasteiger partial charge in [0.05, 0.1) is 5.75 Å². The maximum atomic E-state index is 11.4. The Bertz CT molecular complexity index is 343. The molecule has 0 bridgehead atoms. The lowest BCUT2D eigenvalue weighted by Crippen LogP contribution is -2.26. The molecule has 0 unspecified atom stereocenters. The van der Waals surface area contributed by atoms with Crippen LogP contribution in [0, 0.1) is 0 Å². The summed E-state index contributed by atoms with van der Waals surface area (Å²) in [5, 5.41) is 10.8. The average Bonchev–Trinajstić information content (AvgIpc) is 2.72. The van der Waals surface area contributed by atoms with E-state index in [9.17, 15) is 4.79 Å². The number of anilines is 1. The van der Waals surface area contributed by atoms with Crippen molar-refractivity contribution < 1.29 is 4.79 Å². The molecule has 0 aliphatic carbocycles. The number of nitrogens with one attached hydrogen (secondary N) is 1. The van der Waals surface area contributed by atoms with Crippen molar-refractivity contribution in [1.82, 2.24) is 15.5 Å². The van der Waals surface area contributed by atoms with Gasteiger partial charge in [0.2, 0.25) is 11.0 Å². The number of hydrogen-bond donors (Lipinski definition) is 2. The minimum atomic E-state index is 0.0419. The minimum absolute atomic E-state index is 0.0419. The monoisotopic (exact) mass is 274 g/mol. The molecule has 0 radical (unpaired) electrons. The van der Waals surface area contributed by atoms with Gasteiger partial charge in [0.15, 0.2) is 4.34 Å². The molecule has 96 valence electrons. The van der Waals surface area contributed by atoms with Gasteiger partial charge in [-0.15, -0.1) is 10.2 Å². The molecule has 1 heterocycles. The molecule has 1 aromatic rings. The van der Waals surface area contributed by atoms with Crippen LogP contribution in [0.2, 0.25) is 0 Å². The zero-order valence-electron chi connectivity index (χ0n) is 9.94. The first kappa shape index (κ1) is 14.2. The first-order valence-electron chi connectivity index (χ1n) is 5.71. The van der Waals surface area contributed by atoms with Gasteiger partial charge >= 0.3 is 0 Å². The molecule has 3 N–H and O–H groups in total. The number of thioether (sulfide) groups is 1. The summed E-state index contributed by atoms with van der Waals surface area (Å²) in [5.41, 5.74) is 5.44. The molecule has 0 fully saturated rings. The summed E-state index contributed by atoms with van der Waals surface area (Å²) < 4.78 is 0.739. The first-order valence-corrected chi connectivity index (χ1v) is 7.51. The average molecular weight is 274 g/mol. The molecule has 1 aromatic heterocycles. The fourth-order valence-electron chi connectivity index (χ4n) is 1.24. The Labute approximate surface area is 110 Å². The fourth-order valence-corrected chi connectivity index (χ4v) is 2.70. The number of nitrogens with zero attached hydrogens (tertiary/aromatic N) is 2. The minimum Gasteiger partial charge on any atom is -0.374 e. The van der Waals surface area contributed by atoms with Crippen LogP contribution >= 0.6 is 23.1 Å². The van der Waals surface area contributed by atoms with Crippen LogP contribution in [-0.2, 0) is 4.79 Å². The smallest absolute Gasteiger partial charge is 0.230 e. The largest absolute Gasteiger partial charge is 0.374 e. The molecule has 5 nitrogen and oxygen atoms in total. The lowest BCUT2D eigenvalue weighted by molar-refractivity contribution is -0.118. The third-order valence-corrected chi connectivity index (χ3v) is 3.99. The Hall–Kier alpha value is -0.820. The molecular formula is C10H18N4OS2. The number of hydrogen-bond acceptors (Lipinski definition) is 6. The van der Waals surface area contributed by atoms with Crippen molar-refractivity contribution in [3.8, 4) is 0 Å². The highest BCUT2D eigenvalue weighted by Gasteiger charge is 2.05. The van der Waals surface area contributed by atoms with Gasteiger partial charge in [-0.3, -0.25) is 4.79 Å². The summed E-state index contributed by atoms with van der Waals surface area (Å²) in [6.45, 7) is 2.93. The lowest BCUT2D eigenvalue weighted by Gasteiger charge is -2.03. The molecule has 0 spiro atoms. The van der Waals surface area contributed by atoms with Crippen LogP contribution in [0.15, 0.2) is 4.34 Å². The van der Waals surface area contributed by atoms with Gasteiger partial charge in [0, 0.05) is 6.54 Å². The number of aromatic nitrogens is 2. The van der Waals surface area contributed by atoms with Crippen molar-refractivity contribution in [2.75, 3.05) is 18.0 Å². The topological polar surface area (TPSA) is 80.9 Å². The van der Waals surface area contributed by atoms with Crippen LogP contribution < -0.4 is 11.1 Å². The van der Waals surface area contributed by atoms with E-state index in [0.717, 1.165) is 17.3 Å². The molecule has 1 rings (SSSR count). The van der Waals surface area contributed by atoms with Crippen LogP contribution in [0.25, 0.3) is 0 Å². The van der Waals surface area contributed by atoms with E-state index in [1.807, 2.05) is 0 Å². The van der Waals surface area contributed by atoms with Crippen LogP contribution in [0.1, 0.15) is 32.6 Å². The summed E-state index contributed by atoms with van der Waals surface area (Å²) in [5.74, 6) is 0.419. The van der Waals surface area contributed by atoms with Crippen molar-refractivity contribution in [2.45, 2.75) is 36.9 Å². The van der Waals surface area contributed by atoms with Crippen molar-refractivity contribution in [3.63, 3.8) is 0 Å². The van der Waals surface area contributed by atoms with Crippen LogP contribution in [-0.4, -0.2) is 28.4 Å². The zero-order chi connectivity index (χ0) is 12.5. The van der Waals surface area contributed by atoms with Crippen molar-refractivity contribution in [3.05, 3.63) is 0 Å². The van der Waals surface area contributed by atoms with Crippen LogP contribution in [0.5, 0.6) is 0 Å². The van der Waals surface area contributed by atoms with Gasteiger partial charge in [0.1, 0.15) is 0 Å². The summed E-state index contributed by atoms with van der Waals surface area (Å²) >= 11 is 2.67. The van der Waals surface area contributed by atoms with Crippen molar-refractivity contribution >= 4 is 34.1 Å². The third kappa shape index (κ3) is 6.48. The number of carbonyl (C=O) groups excluding carboxylic acids is 1. The van der Waals surface area contributed by atoms with E-state index in [2.05, 4.69) is 22.4 Å². The summed E-state index contributed by atoms with van der Waals surface area (Å²) in [6, 6.07) is 0. The van der Waals surface area contributed by atoms with E-state index < -0.39 is 0 Å². The van der Waals surface area contributed by atoms with E-state index in [1.165, 1.54) is 42.4 Å². The number of amides is 1. The maximum Gasteiger partial charge on any atom is 0.230 e. The molecular weight excluding hydrogens is 256 g/mol. The van der Waals surface area contributed by atoms with E-state index >= 15 is 0 Å². The zero-order valence-corrected chi connectivity index (χ0v) is 11.6. The fraction of sp³-hybridized carbons (Fsp3) is 0.700. The van der Waals surface area contributed by atoms with E-state index in [1.54, 1.807) is 0 Å². The molecule has 0 aromatic carbocycles. The van der Waals surface area contributed by atoms with Gasteiger partial charge in [-0.25, -0.2) is 0 Å². The van der Waals surface area contributed by atoms with E-state index in [-0.39, 0.29) is 5.91 Å². The molecule has 1 amide bonds. The Morgan fingerprint density at radius 3 is 2.88 bits per heavy atom. The van der Waals surface area contributed by atoms with Gasteiger partial charge in [-0.2, -0.15) is 0 Å². The maximum absolute atomic E-state index is 11.4. The summed E-state index contributed by atoms with van der Waals surface area (Å²) in [7, 11) is 0. The predicted octanol–water partition coefficient (Wildman–Crippen LogP) is 1.91. The van der Waals surface area contributed by atoms with E-state index in [4.69, 9.17) is 5.73 Å². The second-order valence-corrected chi connectivity index (χ2v) is 5.84. The number of nitrogen functional groups attached to an aromatic ring is 1. The lowest BCUT2D eigenvalue weighted by atomic mass is 10.2. The molecule has 0 aliphatic rings. The normalized spacial score (nSPS) is 10.4. The molecule has 0 saturated carbocycles. The highest BCUT2D eigenvalue weighted by Crippen LogP contribution is 2.22. The highest BCUT2D eigenvalue weighted by molar-refractivity contribution is 8.01. The quantitative estimate of drug-likeness (QED) is 0.559. The molecule has 0 aliphatic heterocycles. The Morgan fingerprint density at radius 2 is 2.24 bits per heavy atom. The van der Waals surface area contributed by atoms with Gasteiger partial charge in [0.25, 0.3) is 0 Å². The van der Waals surface area contributed by atoms with Crippen LogP contribution in [0.4, 0.5) is 5.13 Å². The van der Waals surface area contributed by atoms with Gasteiger partial charge < -0.3 is 11.1 Å². The number of rotatable bonds is 8. The van der Waals surface area contributed by atoms with Gasteiger partial charge in [-0.1, -0.05) is 49.3 Å². The number of carbonyl (C=O) groups is 1. The molecule has 17 heavy (non-hydrogen) atoms. The Morgan fingerprint density at radius 1 is 1.41 bits per heavy atom. The number of nitrogens with two attached hydrogens (primary N) is 1. The van der Waals surface area contributed by atoms with E-state index in [0.29, 0.717) is 10.9 Å². The third-order valence-electron chi connectivity index (χ3n) is 2.10. The highest BCUT2D eigenvalue weighted by atomic mass is 32.2. The van der Waals surface area contributed by atoms with Gasteiger partial charge in [-0.05, 0) is 6.42 Å². The number of unbranched alkanes of at least 4 members (excludes halogenated alkanes) is 3. The second kappa shape index (κ2) is 8.30.